The number of carbonyl (C=O) groups excluding carboxylic acids is 3. The minimum absolute atomic E-state index is 0.148. The van der Waals surface area contributed by atoms with E-state index in [1.54, 1.807) is 24.3 Å². The molecule has 136 valence electrons. The van der Waals surface area contributed by atoms with Crippen molar-refractivity contribution in [3.8, 4) is 0 Å². The summed E-state index contributed by atoms with van der Waals surface area (Å²) in [7, 11) is 0. The van der Waals surface area contributed by atoms with Gasteiger partial charge in [0.1, 0.15) is 6.54 Å². The van der Waals surface area contributed by atoms with Crippen LogP contribution in [0.1, 0.15) is 43.0 Å². The first-order valence-electron chi connectivity index (χ1n) is 8.45. The van der Waals surface area contributed by atoms with Crippen LogP contribution < -0.4 is 10.6 Å². The van der Waals surface area contributed by atoms with Crippen molar-refractivity contribution in [3.05, 3.63) is 34.3 Å². The molecule has 2 amide bonds. The summed E-state index contributed by atoms with van der Waals surface area (Å²) in [4.78, 5) is 35.6. The highest BCUT2D eigenvalue weighted by molar-refractivity contribution is 9.10. The van der Waals surface area contributed by atoms with E-state index in [0.29, 0.717) is 16.0 Å². The maximum Gasteiger partial charge on any atom is 0.325 e. The molecule has 2 atom stereocenters. The molecule has 7 heteroatoms. The van der Waals surface area contributed by atoms with Gasteiger partial charge < -0.3 is 15.4 Å². The second-order valence-corrected chi connectivity index (χ2v) is 7.11. The number of esters is 1. The molecule has 1 fully saturated rings. The fourth-order valence-corrected chi connectivity index (χ4v) is 3.33. The van der Waals surface area contributed by atoms with Crippen LogP contribution in [0.5, 0.6) is 0 Å². The highest BCUT2D eigenvalue weighted by Crippen LogP contribution is 2.23. The SMILES string of the molecule is C[C@@H]1CCCC[C@@H]1NC(=O)COC(=O)CNC(=O)c1ccccc1Br. The average Bonchev–Trinajstić information content (AvgIpc) is 2.60. The molecule has 1 aromatic carbocycles. The van der Waals surface area contributed by atoms with E-state index in [0.717, 1.165) is 19.3 Å². The summed E-state index contributed by atoms with van der Waals surface area (Å²) in [6.45, 7) is 1.51. The van der Waals surface area contributed by atoms with E-state index in [9.17, 15) is 14.4 Å². The number of nitrogens with one attached hydrogen (secondary N) is 2. The molecule has 0 aliphatic heterocycles. The number of amides is 2. The zero-order valence-electron chi connectivity index (χ0n) is 14.2. The van der Waals surface area contributed by atoms with Gasteiger partial charge in [-0.3, -0.25) is 14.4 Å². The fourth-order valence-electron chi connectivity index (χ4n) is 2.87. The first-order chi connectivity index (χ1) is 12.0. The molecule has 1 saturated carbocycles. The van der Waals surface area contributed by atoms with Gasteiger partial charge >= 0.3 is 5.97 Å². The Bertz CT molecular complexity index is 635. The summed E-state index contributed by atoms with van der Waals surface area (Å²) in [5.74, 6) is -0.890. The van der Waals surface area contributed by atoms with E-state index in [-0.39, 0.29) is 31.0 Å². The standard InChI is InChI=1S/C18H23BrN2O4/c1-12-6-2-5-9-15(12)21-16(22)11-25-17(23)10-20-18(24)13-7-3-4-8-14(13)19/h3-4,7-8,12,15H,2,5-6,9-11H2,1H3,(H,20,24)(H,21,22)/t12-,15+/m1/s1. The van der Waals surface area contributed by atoms with Gasteiger partial charge in [0.2, 0.25) is 0 Å². The minimum atomic E-state index is -0.646. The van der Waals surface area contributed by atoms with Gasteiger partial charge in [-0.2, -0.15) is 0 Å². The summed E-state index contributed by atoms with van der Waals surface area (Å²) in [5.41, 5.74) is 0.430. The first kappa shape index (κ1) is 19.4. The van der Waals surface area contributed by atoms with Crippen LogP contribution in [-0.2, 0) is 14.3 Å². The number of hydrogen-bond acceptors (Lipinski definition) is 4. The van der Waals surface area contributed by atoms with E-state index in [4.69, 9.17) is 4.74 Å². The minimum Gasteiger partial charge on any atom is -0.454 e. The van der Waals surface area contributed by atoms with Gasteiger partial charge in [0.25, 0.3) is 11.8 Å². The van der Waals surface area contributed by atoms with Gasteiger partial charge in [-0.1, -0.05) is 31.9 Å². The van der Waals surface area contributed by atoms with Gasteiger partial charge in [-0.15, -0.1) is 0 Å². The summed E-state index contributed by atoms with van der Waals surface area (Å²) < 4.78 is 5.56. The Morgan fingerprint density at radius 2 is 1.92 bits per heavy atom. The number of ether oxygens (including phenoxy) is 1. The number of carbonyl (C=O) groups is 3. The predicted molar refractivity (Wildman–Crippen MR) is 97.0 cm³/mol. The molecule has 2 rings (SSSR count). The summed E-state index contributed by atoms with van der Waals surface area (Å²) in [6, 6.07) is 7.05. The monoisotopic (exact) mass is 410 g/mol. The van der Waals surface area contributed by atoms with Crippen LogP contribution in [0.4, 0.5) is 0 Å². The quantitative estimate of drug-likeness (QED) is 0.705. The van der Waals surface area contributed by atoms with E-state index < -0.39 is 5.97 Å². The molecule has 0 heterocycles. The van der Waals surface area contributed by atoms with E-state index in [2.05, 4.69) is 33.5 Å². The molecule has 2 N–H and O–H groups in total. The molecule has 0 aromatic heterocycles. The molecule has 0 radical (unpaired) electrons. The van der Waals surface area contributed by atoms with Crippen LogP contribution in [0.15, 0.2) is 28.7 Å². The van der Waals surface area contributed by atoms with Crippen molar-refractivity contribution in [1.29, 1.82) is 0 Å². The van der Waals surface area contributed by atoms with E-state index in [1.807, 2.05) is 0 Å². The lowest BCUT2D eigenvalue weighted by atomic mass is 9.86. The number of hydrogen-bond donors (Lipinski definition) is 2. The fraction of sp³-hybridized carbons (Fsp3) is 0.500. The third kappa shape index (κ3) is 6.16. The van der Waals surface area contributed by atoms with Gasteiger partial charge in [0.15, 0.2) is 6.61 Å². The third-order valence-corrected chi connectivity index (χ3v) is 5.03. The molecule has 25 heavy (non-hydrogen) atoms. The molecule has 1 aliphatic carbocycles. The lowest BCUT2D eigenvalue weighted by molar-refractivity contribution is -0.147. The Labute approximate surface area is 155 Å². The van der Waals surface area contributed by atoms with Crippen LogP contribution in [0.25, 0.3) is 0 Å². The van der Waals surface area contributed by atoms with E-state index >= 15 is 0 Å². The second kappa shape index (κ2) is 9.56. The Morgan fingerprint density at radius 3 is 2.64 bits per heavy atom. The highest BCUT2D eigenvalue weighted by atomic mass is 79.9. The van der Waals surface area contributed by atoms with Crippen LogP contribution >= 0.6 is 15.9 Å². The van der Waals surface area contributed by atoms with E-state index in [1.165, 1.54) is 6.42 Å². The van der Waals surface area contributed by atoms with Crippen molar-refractivity contribution in [2.24, 2.45) is 5.92 Å². The molecule has 6 nitrogen and oxygen atoms in total. The number of rotatable bonds is 6. The van der Waals surface area contributed by atoms with Gasteiger partial charge in [0, 0.05) is 10.5 Å². The average molecular weight is 411 g/mol. The highest BCUT2D eigenvalue weighted by Gasteiger charge is 2.23. The molecule has 0 spiro atoms. The third-order valence-electron chi connectivity index (χ3n) is 4.33. The molecule has 0 unspecified atom stereocenters. The normalized spacial score (nSPS) is 19.8. The smallest absolute Gasteiger partial charge is 0.325 e. The zero-order valence-corrected chi connectivity index (χ0v) is 15.8. The van der Waals surface area contributed by atoms with Crippen LogP contribution in [0, 0.1) is 5.92 Å². The van der Waals surface area contributed by atoms with Crippen LogP contribution in [0.3, 0.4) is 0 Å². The van der Waals surface area contributed by atoms with Gasteiger partial charge in [0.05, 0.1) is 5.56 Å². The maximum absolute atomic E-state index is 12.0. The molecular weight excluding hydrogens is 388 g/mol. The van der Waals surface area contributed by atoms with Crippen molar-refractivity contribution in [3.63, 3.8) is 0 Å². The Kier molecular flexibility index (Phi) is 7.43. The van der Waals surface area contributed by atoms with Crippen molar-refractivity contribution < 1.29 is 19.1 Å². The molecule has 0 bridgehead atoms. The second-order valence-electron chi connectivity index (χ2n) is 6.26. The molecule has 1 aromatic rings. The first-order valence-corrected chi connectivity index (χ1v) is 9.24. The van der Waals surface area contributed by atoms with Crippen molar-refractivity contribution >= 4 is 33.7 Å². The van der Waals surface area contributed by atoms with Crippen molar-refractivity contribution in [1.82, 2.24) is 10.6 Å². The molecule has 1 aliphatic rings. The Hall–Kier alpha value is -1.89. The molecular formula is C18H23BrN2O4. The summed E-state index contributed by atoms with van der Waals surface area (Å²) in [5, 5.41) is 5.39. The topological polar surface area (TPSA) is 84.5 Å². The molecule has 0 saturated heterocycles. The Balaban J connectivity index is 1.69. The largest absolute Gasteiger partial charge is 0.454 e. The summed E-state index contributed by atoms with van der Waals surface area (Å²) >= 11 is 3.28. The van der Waals surface area contributed by atoms with Crippen molar-refractivity contribution in [2.75, 3.05) is 13.2 Å². The Morgan fingerprint density at radius 1 is 1.20 bits per heavy atom. The lowest BCUT2D eigenvalue weighted by Gasteiger charge is -2.29. The van der Waals surface area contributed by atoms with Gasteiger partial charge in [-0.05, 0) is 46.8 Å². The number of benzene rings is 1. The van der Waals surface area contributed by atoms with Crippen molar-refractivity contribution in [2.45, 2.75) is 38.6 Å². The van der Waals surface area contributed by atoms with Crippen LogP contribution in [0.2, 0.25) is 0 Å². The van der Waals surface area contributed by atoms with Crippen LogP contribution in [-0.4, -0.2) is 37.0 Å². The lowest BCUT2D eigenvalue weighted by Crippen LogP contribution is -2.43. The maximum atomic E-state index is 12.0. The van der Waals surface area contributed by atoms with Gasteiger partial charge in [-0.25, -0.2) is 0 Å². The summed E-state index contributed by atoms with van der Waals surface area (Å²) in [6.07, 6.45) is 4.37. The number of halogens is 1. The predicted octanol–water partition coefficient (Wildman–Crippen LogP) is 2.42. The zero-order chi connectivity index (χ0) is 18.2.